The van der Waals surface area contributed by atoms with E-state index in [4.69, 9.17) is 5.73 Å². The van der Waals surface area contributed by atoms with E-state index in [0.717, 1.165) is 31.4 Å². The van der Waals surface area contributed by atoms with Crippen LogP contribution < -0.4 is 11.1 Å². The van der Waals surface area contributed by atoms with Gasteiger partial charge in [0.1, 0.15) is 5.69 Å². The highest BCUT2D eigenvalue weighted by Crippen LogP contribution is 2.32. The van der Waals surface area contributed by atoms with E-state index in [1.54, 1.807) is 0 Å². The molecule has 0 bridgehead atoms. The topological polar surface area (TPSA) is 38.0 Å². The molecule has 0 amide bonds. The third-order valence-corrected chi connectivity index (χ3v) is 4.01. The average molecular weight is 254 g/mol. The SMILES string of the molecule is CC1CCC(Nc2c(F)cc(N)cc2F)CC1C. The van der Waals surface area contributed by atoms with Crippen molar-refractivity contribution in [1.29, 1.82) is 0 Å². The minimum Gasteiger partial charge on any atom is -0.399 e. The van der Waals surface area contributed by atoms with Gasteiger partial charge in [0.15, 0.2) is 11.6 Å². The predicted octanol–water partition coefficient (Wildman–Crippen LogP) is 3.78. The van der Waals surface area contributed by atoms with E-state index in [1.165, 1.54) is 0 Å². The van der Waals surface area contributed by atoms with Gasteiger partial charge in [0.2, 0.25) is 0 Å². The number of hydrogen-bond donors (Lipinski definition) is 2. The molecule has 4 heteroatoms. The standard InChI is InChI=1S/C14H20F2N2/c1-8-3-4-11(5-9(8)2)18-14-12(15)6-10(17)7-13(14)16/h6-9,11,18H,3-5,17H2,1-2H3. The fourth-order valence-electron chi connectivity index (χ4n) is 2.61. The van der Waals surface area contributed by atoms with Gasteiger partial charge in [0.05, 0.1) is 0 Å². The summed E-state index contributed by atoms with van der Waals surface area (Å²) >= 11 is 0. The molecule has 1 saturated carbocycles. The zero-order valence-corrected chi connectivity index (χ0v) is 10.8. The van der Waals surface area contributed by atoms with Gasteiger partial charge < -0.3 is 11.1 Å². The maximum atomic E-state index is 13.7. The minimum atomic E-state index is -0.612. The number of nitrogens with two attached hydrogens (primary N) is 1. The van der Waals surface area contributed by atoms with Crippen molar-refractivity contribution in [3.63, 3.8) is 0 Å². The van der Waals surface area contributed by atoms with Gasteiger partial charge >= 0.3 is 0 Å². The maximum Gasteiger partial charge on any atom is 0.151 e. The monoisotopic (exact) mass is 254 g/mol. The molecule has 0 radical (unpaired) electrons. The summed E-state index contributed by atoms with van der Waals surface area (Å²) in [6.07, 6.45) is 3.00. The van der Waals surface area contributed by atoms with Crippen molar-refractivity contribution >= 4 is 11.4 Å². The first-order valence-electron chi connectivity index (χ1n) is 6.48. The number of benzene rings is 1. The molecule has 1 aromatic rings. The normalized spacial score (nSPS) is 28.1. The molecule has 0 aliphatic heterocycles. The van der Waals surface area contributed by atoms with Gasteiger partial charge in [-0.2, -0.15) is 0 Å². The molecule has 1 aliphatic carbocycles. The fourth-order valence-corrected chi connectivity index (χ4v) is 2.61. The highest BCUT2D eigenvalue weighted by Gasteiger charge is 2.25. The highest BCUT2D eigenvalue weighted by atomic mass is 19.1. The fraction of sp³-hybridized carbons (Fsp3) is 0.571. The van der Waals surface area contributed by atoms with Gasteiger partial charge in [-0.15, -0.1) is 0 Å². The van der Waals surface area contributed by atoms with Crippen LogP contribution in [0.3, 0.4) is 0 Å². The average Bonchev–Trinajstić information content (AvgIpc) is 2.28. The molecular formula is C14H20F2N2. The Kier molecular flexibility index (Phi) is 3.73. The summed E-state index contributed by atoms with van der Waals surface area (Å²) in [5.74, 6) is 0.0397. The molecule has 0 heterocycles. The summed E-state index contributed by atoms with van der Waals surface area (Å²) in [7, 11) is 0. The molecule has 0 aromatic heterocycles. The van der Waals surface area contributed by atoms with E-state index in [9.17, 15) is 8.78 Å². The van der Waals surface area contributed by atoms with Crippen LogP contribution in [-0.4, -0.2) is 6.04 Å². The number of hydrogen-bond acceptors (Lipinski definition) is 2. The third kappa shape index (κ3) is 2.74. The van der Waals surface area contributed by atoms with Crippen LogP contribution >= 0.6 is 0 Å². The van der Waals surface area contributed by atoms with Crippen LogP contribution in [0.2, 0.25) is 0 Å². The van der Waals surface area contributed by atoms with Crippen molar-refractivity contribution in [2.75, 3.05) is 11.1 Å². The lowest BCUT2D eigenvalue weighted by Gasteiger charge is -2.33. The first kappa shape index (κ1) is 13.1. The smallest absolute Gasteiger partial charge is 0.151 e. The molecular weight excluding hydrogens is 234 g/mol. The molecule has 100 valence electrons. The Morgan fingerprint density at radius 3 is 2.28 bits per heavy atom. The van der Waals surface area contributed by atoms with Crippen LogP contribution in [0.5, 0.6) is 0 Å². The number of rotatable bonds is 2. The van der Waals surface area contributed by atoms with E-state index in [0.29, 0.717) is 11.8 Å². The Morgan fingerprint density at radius 1 is 1.11 bits per heavy atom. The molecule has 3 N–H and O–H groups in total. The molecule has 2 nitrogen and oxygen atoms in total. The third-order valence-electron chi connectivity index (χ3n) is 4.01. The highest BCUT2D eigenvalue weighted by molar-refractivity contribution is 5.54. The van der Waals surface area contributed by atoms with Crippen molar-refractivity contribution in [3.8, 4) is 0 Å². The summed E-state index contributed by atoms with van der Waals surface area (Å²) in [4.78, 5) is 0. The molecule has 1 fully saturated rings. The van der Waals surface area contributed by atoms with E-state index >= 15 is 0 Å². The van der Waals surface area contributed by atoms with E-state index in [-0.39, 0.29) is 17.4 Å². The van der Waals surface area contributed by atoms with Gasteiger partial charge in [0.25, 0.3) is 0 Å². The van der Waals surface area contributed by atoms with Crippen LogP contribution in [0.15, 0.2) is 12.1 Å². The van der Waals surface area contributed by atoms with E-state index < -0.39 is 11.6 Å². The molecule has 3 atom stereocenters. The Hall–Kier alpha value is -1.32. The lowest BCUT2D eigenvalue weighted by Crippen LogP contribution is -2.31. The van der Waals surface area contributed by atoms with Gasteiger partial charge in [-0.1, -0.05) is 13.8 Å². The second-order valence-corrected chi connectivity index (χ2v) is 5.47. The predicted molar refractivity (Wildman–Crippen MR) is 70.4 cm³/mol. The van der Waals surface area contributed by atoms with Crippen LogP contribution in [0, 0.1) is 23.5 Å². The van der Waals surface area contributed by atoms with Crippen LogP contribution in [0.1, 0.15) is 33.1 Å². The Balaban J connectivity index is 2.10. The second-order valence-electron chi connectivity index (χ2n) is 5.47. The summed E-state index contributed by atoms with van der Waals surface area (Å²) < 4.78 is 27.3. The van der Waals surface area contributed by atoms with Crippen LogP contribution in [0.25, 0.3) is 0 Å². The minimum absolute atomic E-state index is 0.0454. The molecule has 0 spiro atoms. The van der Waals surface area contributed by atoms with E-state index in [1.807, 2.05) is 0 Å². The molecule has 1 aliphatic rings. The Morgan fingerprint density at radius 2 is 1.72 bits per heavy atom. The number of halogens is 2. The molecule has 3 unspecified atom stereocenters. The Labute approximate surface area is 107 Å². The van der Waals surface area contributed by atoms with Crippen molar-refractivity contribution in [2.24, 2.45) is 11.8 Å². The van der Waals surface area contributed by atoms with E-state index in [2.05, 4.69) is 19.2 Å². The molecule has 1 aromatic carbocycles. The number of nitrogens with one attached hydrogen (secondary N) is 1. The zero-order valence-electron chi connectivity index (χ0n) is 10.8. The number of nitrogen functional groups attached to an aromatic ring is 1. The van der Waals surface area contributed by atoms with Gasteiger partial charge in [-0.25, -0.2) is 8.78 Å². The van der Waals surface area contributed by atoms with Crippen LogP contribution in [-0.2, 0) is 0 Å². The maximum absolute atomic E-state index is 13.7. The summed E-state index contributed by atoms with van der Waals surface area (Å²) in [5.41, 5.74) is 5.46. The summed E-state index contributed by atoms with van der Waals surface area (Å²) in [6, 6.07) is 2.45. The van der Waals surface area contributed by atoms with Crippen molar-refractivity contribution in [2.45, 2.75) is 39.2 Å². The van der Waals surface area contributed by atoms with Gasteiger partial charge in [-0.05, 0) is 43.2 Å². The first-order chi connectivity index (χ1) is 8.47. The van der Waals surface area contributed by atoms with Crippen LogP contribution in [0.4, 0.5) is 20.2 Å². The Bertz CT molecular complexity index is 411. The lowest BCUT2D eigenvalue weighted by molar-refractivity contribution is 0.260. The van der Waals surface area contributed by atoms with Gasteiger partial charge in [0, 0.05) is 11.7 Å². The zero-order chi connectivity index (χ0) is 13.3. The largest absolute Gasteiger partial charge is 0.399 e. The summed E-state index contributed by atoms with van der Waals surface area (Å²) in [5, 5.41) is 2.99. The van der Waals surface area contributed by atoms with Crippen molar-refractivity contribution < 1.29 is 8.78 Å². The molecule has 0 saturated heterocycles. The van der Waals surface area contributed by atoms with Gasteiger partial charge in [-0.3, -0.25) is 0 Å². The second kappa shape index (κ2) is 5.12. The molecule has 2 rings (SSSR count). The van der Waals surface area contributed by atoms with Crippen molar-refractivity contribution in [1.82, 2.24) is 0 Å². The quantitative estimate of drug-likeness (QED) is 0.788. The van der Waals surface area contributed by atoms with Crippen molar-refractivity contribution in [3.05, 3.63) is 23.8 Å². The first-order valence-corrected chi connectivity index (χ1v) is 6.48. The summed E-state index contributed by atoms with van der Waals surface area (Å²) in [6.45, 7) is 4.42. The molecule has 18 heavy (non-hydrogen) atoms. The number of anilines is 2. The lowest BCUT2D eigenvalue weighted by atomic mass is 9.79.